The molecule has 206 valence electrons. The van der Waals surface area contributed by atoms with Gasteiger partial charge in [0.1, 0.15) is 20.6 Å². The lowest BCUT2D eigenvalue weighted by Gasteiger charge is -2.16. The fourth-order valence-electron chi connectivity index (χ4n) is 2.72. The van der Waals surface area contributed by atoms with E-state index in [0.29, 0.717) is 5.82 Å². The van der Waals surface area contributed by atoms with Crippen LogP contribution in [-0.4, -0.2) is 27.6 Å². The number of anilines is 1. The van der Waals surface area contributed by atoms with E-state index < -0.39 is 28.4 Å². The molecule has 0 radical (unpaired) electrons. The number of allylic oxidation sites excluding steroid dienone is 2. The molecule has 0 aliphatic rings. The van der Waals surface area contributed by atoms with Crippen molar-refractivity contribution in [2.24, 2.45) is 0 Å². The minimum Gasteiger partial charge on any atom is -0.369 e. The second kappa shape index (κ2) is 15.4. The third-order valence-corrected chi connectivity index (χ3v) is 5.64. The topological polar surface area (TPSA) is 84.0 Å². The van der Waals surface area contributed by atoms with Gasteiger partial charge in [-0.3, -0.25) is 9.59 Å². The Balaban J connectivity index is 0.000000306. The maximum Gasteiger partial charge on any atom is 0.192 e. The molecule has 3 rings (SSSR count). The van der Waals surface area contributed by atoms with Crippen molar-refractivity contribution in [2.75, 3.05) is 5.32 Å². The van der Waals surface area contributed by atoms with Crippen LogP contribution in [0.15, 0.2) is 64.9 Å². The highest BCUT2D eigenvalue weighted by Crippen LogP contribution is 2.23. The molecule has 0 unspecified atom stereocenters. The van der Waals surface area contributed by atoms with Gasteiger partial charge in [-0.25, -0.2) is 18.7 Å². The first-order valence-corrected chi connectivity index (χ1v) is 13.0. The maximum atomic E-state index is 13.6. The molecule has 0 aliphatic carbocycles. The molecule has 0 bridgehead atoms. The van der Waals surface area contributed by atoms with Gasteiger partial charge in [0.15, 0.2) is 33.5 Å². The molecule has 2 heterocycles. The highest BCUT2D eigenvalue weighted by atomic mass is 35.5. The lowest BCUT2D eigenvalue weighted by Crippen LogP contribution is -2.27. The van der Waals surface area contributed by atoms with Crippen molar-refractivity contribution < 1.29 is 18.4 Å². The highest BCUT2D eigenvalue weighted by Gasteiger charge is 2.16. The summed E-state index contributed by atoms with van der Waals surface area (Å²) in [5.41, 5.74) is 0.588. The first kappa shape index (κ1) is 32.8. The van der Waals surface area contributed by atoms with Crippen LogP contribution in [0.4, 0.5) is 14.5 Å². The average molecular weight is 657 g/mol. The molecule has 6 nitrogen and oxygen atoms in total. The first-order chi connectivity index (χ1) is 18.3. The smallest absolute Gasteiger partial charge is 0.192 e. The lowest BCUT2D eigenvalue weighted by molar-refractivity contribution is 0.103. The molecule has 0 aliphatic heterocycles. The summed E-state index contributed by atoms with van der Waals surface area (Å²) in [6.45, 7) is 3.86. The van der Waals surface area contributed by atoms with E-state index in [1.807, 2.05) is 44.2 Å². The molecular weight excluding hydrogens is 639 g/mol. The maximum absolute atomic E-state index is 13.6. The standard InChI is InChI=1S/C17H16Cl2FN3O.C8H2Cl4FNO/c1-10(2)21-15(22-11-6-4-3-5-7-11)9-14(24)12-8-13(20)17(19)23-16(12)18;9-6(10)2-5(15)3-1-4(13)8(12)14-7(3)11/h3-10,21-22H,1-2H3;1-2H. The summed E-state index contributed by atoms with van der Waals surface area (Å²) in [6, 6.07) is 11.3. The van der Waals surface area contributed by atoms with Crippen molar-refractivity contribution in [2.45, 2.75) is 19.9 Å². The monoisotopic (exact) mass is 654 g/mol. The molecular formula is C25H18Cl6F2N4O2. The van der Waals surface area contributed by atoms with Crippen molar-refractivity contribution in [3.05, 3.63) is 108 Å². The zero-order valence-electron chi connectivity index (χ0n) is 20.0. The van der Waals surface area contributed by atoms with Crippen LogP contribution in [0.3, 0.4) is 0 Å². The molecule has 14 heteroatoms. The Morgan fingerprint density at radius 3 is 1.69 bits per heavy atom. The van der Waals surface area contributed by atoms with Crippen molar-refractivity contribution in [3.63, 3.8) is 0 Å². The van der Waals surface area contributed by atoms with Crippen molar-refractivity contribution >= 4 is 86.9 Å². The number of hydrogen-bond acceptors (Lipinski definition) is 6. The molecule has 0 amide bonds. The molecule has 39 heavy (non-hydrogen) atoms. The zero-order chi connectivity index (χ0) is 29.3. The summed E-state index contributed by atoms with van der Waals surface area (Å²) in [4.78, 5) is 30.8. The number of carbonyl (C=O) groups is 2. The third kappa shape index (κ3) is 10.6. The summed E-state index contributed by atoms with van der Waals surface area (Å²) in [7, 11) is 0. The van der Waals surface area contributed by atoms with E-state index >= 15 is 0 Å². The molecule has 3 aromatic rings. The summed E-state index contributed by atoms with van der Waals surface area (Å²) in [6.07, 6.45) is 2.20. The third-order valence-electron chi connectivity index (χ3n) is 4.32. The number of nitrogens with zero attached hydrogens (tertiary/aromatic N) is 2. The van der Waals surface area contributed by atoms with Gasteiger partial charge in [-0.15, -0.1) is 0 Å². The Hall–Kier alpha value is -2.46. The van der Waals surface area contributed by atoms with E-state index in [2.05, 4.69) is 20.6 Å². The van der Waals surface area contributed by atoms with Crippen LogP contribution in [0, 0.1) is 11.6 Å². The molecule has 0 spiro atoms. The molecule has 2 aromatic heterocycles. The van der Waals surface area contributed by atoms with Crippen LogP contribution >= 0.6 is 69.6 Å². The first-order valence-electron chi connectivity index (χ1n) is 10.7. The van der Waals surface area contributed by atoms with Gasteiger partial charge in [-0.2, -0.15) is 0 Å². The Bertz CT molecular complexity index is 1420. The summed E-state index contributed by atoms with van der Waals surface area (Å²) in [5, 5.41) is 5.09. The second-order valence-corrected chi connectivity index (χ2v) is 10.1. The summed E-state index contributed by atoms with van der Waals surface area (Å²) >= 11 is 32.9. The van der Waals surface area contributed by atoms with E-state index in [4.69, 9.17) is 69.6 Å². The normalized spacial score (nSPS) is 10.9. The van der Waals surface area contributed by atoms with E-state index in [1.54, 1.807) is 0 Å². The quantitative estimate of drug-likeness (QED) is 0.143. The highest BCUT2D eigenvalue weighted by molar-refractivity contribution is 6.57. The number of hydrogen-bond donors (Lipinski definition) is 2. The van der Waals surface area contributed by atoms with Crippen LogP contribution in [0.2, 0.25) is 20.6 Å². The zero-order valence-corrected chi connectivity index (χ0v) is 24.5. The minimum atomic E-state index is -0.844. The van der Waals surface area contributed by atoms with Crippen molar-refractivity contribution in [1.82, 2.24) is 15.3 Å². The molecule has 0 saturated carbocycles. The Labute approximate surface area is 252 Å². The number of aromatic nitrogens is 2. The van der Waals surface area contributed by atoms with Crippen LogP contribution in [0.25, 0.3) is 0 Å². The lowest BCUT2D eigenvalue weighted by atomic mass is 10.1. The van der Waals surface area contributed by atoms with E-state index in [1.165, 1.54) is 6.08 Å². The van der Waals surface area contributed by atoms with Gasteiger partial charge in [-0.05, 0) is 38.1 Å². The minimum absolute atomic E-state index is 0.0588. The predicted molar refractivity (Wildman–Crippen MR) is 153 cm³/mol. The average Bonchev–Trinajstić information content (AvgIpc) is 2.83. The van der Waals surface area contributed by atoms with Crippen LogP contribution in [0.5, 0.6) is 0 Å². The Morgan fingerprint density at radius 2 is 1.26 bits per heavy atom. The van der Waals surface area contributed by atoms with Gasteiger partial charge in [-0.1, -0.05) is 87.8 Å². The van der Waals surface area contributed by atoms with Gasteiger partial charge >= 0.3 is 0 Å². The van der Waals surface area contributed by atoms with Crippen LogP contribution in [0.1, 0.15) is 34.6 Å². The summed E-state index contributed by atoms with van der Waals surface area (Å²) < 4.78 is 26.3. The number of pyridine rings is 2. The molecule has 0 fully saturated rings. The van der Waals surface area contributed by atoms with E-state index in [0.717, 1.165) is 23.9 Å². The van der Waals surface area contributed by atoms with Gasteiger partial charge < -0.3 is 10.6 Å². The van der Waals surface area contributed by atoms with Gasteiger partial charge in [0.25, 0.3) is 0 Å². The second-order valence-electron chi connectivity index (χ2n) is 7.71. The van der Waals surface area contributed by atoms with E-state index in [-0.39, 0.29) is 37.1 Å². The fourth-order valence-corrected chi connectivity index (χ4v) is 3.75. The number of para-hydroxylation sites is 1. The predicted octanol–water partition coefficient (Wildman–Crippen LogP) is 8.69. The van der Waals surface area contributed by atoms with Crippen LogP contribution in [-0.2, 0) is 0 Å². The number of nitrogens with one attached hydrogen (secondary N) is 2. The number of ketones is 2. The molecule has 0 atom stereocenters. The van der Waals surface area contributed by atoms with Gasteiger partial charge in [0.05, 0.1) is 11.1 Å². The summed E-state index contributed by atoms with van der Waals surface area (Å²) in [5.74, 6) is -2.32. The largest absolute Gasteiger partial charge is 0.369 e. The molecule has 2 N–H and O–H groups in total. The number of benzene rings is 1. The molecule has 1 aromatic carbocycles. The number of rotatable bonds is 8. The number of halogens is 8. The number of carbonyl (C=O) groups excluding carboxylic acids is 2. The Kier molecular flexibility index (Phi) is 12.9. The SMILES string of the molecule is CC(C)NC(=CC(=O)c1cc(F)c(Cl)nc1Cl)Nc1ccccc1.O=C(C=C(Cl)Cl)c1cc(F)c(Cl)nc1Cl. The fraction of sp³-hybridized carbons (Fsp3) is 0.120. The van der Waals surface area contributed by atoms with Crippen LogP contribution < -0.4 is 10.6 Å². The molecule has 0 saturated heterocycles. The Morgan fingerprint density at radius 1 is 0.795 bits per heavy atom. The van der Waals surface area contributed by atoms with Gasteiger partial charge in [0, 0.05) is 23.9 Å². The van der Waals surface area contributed by atoms with E-state index in [9.17, 15) is 18.4 Å². The van der Waals surface area contributed by atoms with Gasteiger partial charge in [0.2, 0.25) is 0 Å². The van der Waals surface area contributed by atoms with Crippen molar-refractivity contribution in [3.8, 4) is 0 Å². The van der Waals surface area contributed by atoms with Crippen molar-refractivity contribution in [1.29, 1.82) is 0 Å².